The molecule has 0 spiro atoms. The van der Waals surface area contributed by atoms with Crippen LogP contribution in [0.25, 0.3) is 0 Å². The van der Waals surface area contributed by atoms with Gasteiger partial charge in [-0.25, -0.2) is 9.97 Å². The first-order valence-corrected chi connectivity index (χ1v) is 6.33. The Morgan fingerprint density at radius 2 is 2.44 bits per heavy atom. The summed E-state index contributed by atoms with van der Waals surface area (Å²) in [5.74, 6) is 0. The van der Waals surface area contributed by atoms with Crippen molar-refractivity contribution in [1.82, 2.24) is 25.1 Å². The summed E-state index contributed by atoms with van der Waals surface area (Å²) in [7, 11) is 0. The van der Waals surface area contributed by atoms with Gasteiger partial charge in [0.15, 0.2) is 0 Å². The molecule has 94 valence electrons. The molecule has 1 saturated heterocycles. The maximum Gasteiger partial charge on any atom is 0.115 e. The number of rotatable bonds is 3. The third kappa shape index (κ3) is 2.13. The van der Waals surface area contributed by atoms with Crippen LogP contribution < -0.4 is 0 Å². The molecule has 1 aliphatic rings. The molecule has 1 fully saturated rings. The van der Waals surface area contributed by atoms with E-state index in [2.05, 4.69) is 32.0 Å². The van der Waals surface area contributed by atoms with Crippen molar-refractivity contribution in [2.45, 2.75) is 32.4 Å². The maximum absolute atomic E-state index is 4.39. The summed E-state index contributed by atoms with van der Waals surface area (Å²) < 4.78 is 0. The lowest BCUT2D eigenvalue weighted by molar-refractivity contribution is 0.244. The molecule has 18 heavy (non-hydrogen) atoms. The van der Waals surface area contributed by atoms with Gasteiger partial charge in [0.05, 0.1) is 17.9 Å². The highest BCUT2D eigenvalue weighted by Crippen LogP contribution is 2.31. The average molecular weight is 243 g/mol. The van der Waals surface area contributed by atoms with E-state index in [1.165, 1.54) is 18.4 Å². The van der Waals surface area contributed by atoms with Gasteiger partial charge in [-0.2, -0.15) is 5.10 Å². The first-order valence-electron chi connectivity index (χ1n) is 6.33. The van der Waals surface area contributed by atoms with Gasteiger partial charge in [-0.05, 0) is 32.4 Å². The van der Waals surface area contributed by atoms with Crippen LogP contribution in [-0.4, -0.2) is 31.6 Å². The van der Waals surface area contributed by atoms with E-state index in [1.54, 1.807) is 6.33 Å². The van der Waals surface area contributed by atoms with E-state index in [1.807, 2.05) is 18.5 Å². The van der Waals surface area contributed by atoms with Crippen LogP contribution in [0, 0.1) is 6.92 Å². The number of H-pyrrole nitrogens is 1. The van der Waals surface area contributed by atoms with Crippen molar-refractivity contribution in [3.8, 4) is 0 Å². The Hall–Kier alpha value is -1.75. The molecule has 3 heterocycles. The smallest absolute Gasteiger partial charge is 0.115 e. The predicted molar refractivity (Wildman–Crippen MR) is 67.7 cm³/mol. The zero-order valence-corrected chi connectivity index (χ0v) is 10.5. The molecule has 3 rings (SSSR count). The second-order valence-electron chi connectivity index (χ2n) is 4.78. The Morgan fingerprint density at radius 1 is 1.50 bits per heavy atom. The number of aromatic amines is 1. The van der Waals surface area contributed by atoms with Crippen molar-refractivity contribution < 1.29 is 0 Å². The monoisotopic (exact) mass is 243 g/mol. The Balaban J connectivity index is 1.78. The van der Waals surface area contributed by atoms with E-state index >= 15 is 0 Å². The summed E-state index contributed by atoms with van der Waals surface area (Å²) in [6, 6.07) is 2.44. The molecule has 2 aromatic heterocycles. The highest BCUT2D eigenvalue weighted by molar-refractivity contribution is 5.16. The molecule has 5 heteroatoms. The van der Waals surface area contributed by atoms with E-state index in [-0.39, 0.29) is 0 Å². The third-order valence-electron chi connectivity index (χ3n) is 3.62. The van der Waals surface area contributed by atoms with E-state index in [9.17, 15) is 0 Å². The van der Waals surface area contributed by atoms with Crippen LogP contribution in [-0.2, 0) is 6.54 Å². The van der Waals surface area contributed by atoms with Crippen molar-refractivity contribution in [3.63, 3.8) is 0 Å². The minimum Gasteiger partial charge on any atom is -0.290 e. The Labute approximate surface area is 106 Å². The molecule has 0 aliphatic carbocycles. The number of hydrogen-bond acceptors (Lipinski definition) is 4. The van der Waals surface area contributed by atoms with Crippen LogP contribution in [0.4, 0.5) is 0 Å². The summed E-state index contributed by atoms with van der Waals surface area (Å²) in [4.78, 5) is 10.8. The number of aryl methyl sites for hydroxylation is 1. The van der Waals surface area contributed by atoms with Gasteiger partial charge in [-0.15, -0.1) is 0 Å². The fourth-order valence-electron chi connectivity index (χ4n) is 2.60. The zero-order chi connectivity index (χ0) is 12.4. The van der Waals surface area contributed by atoms with Crippen LogP contribution in [0.15, 0.2) is 24.8 Å². The van der Waals surface area contributed by atoms with E-state index in [0.717, 1.165) is 24.5 Å². The zero-order valence-electron chi connectivity index (χ0n) is 10.5. The molecule has 0 bridgehead atoms. The minimum absolute atomic E-state index is 0.419. The summed E-state index contributed by atoms with van der Waals surface area (Å²) in [6.45, 7) is 4.13. The largest absolute Gasteiger partial charge is 0.290 e. The van der Waals surface area contributed by atoms with Gasteiger partial charge in [0.1, 0.15) is 6.33 Å². The number of aromatic nitrogens is 4. The molecule has 1 N–H and O–H groups in total. The highest BCUT2D eigenvalue weighted by Gasteiger charge is 2.27. The summed E-state index contributed by atoms with van der Waals surface area (Å²) in [5, 5.41) is 7.08. The number of likely N-dealkylation sites (tertiary alicyclic amines) is 1. The van der Waals surface area contributed by atoms with Gasteiger partial charge in [0, 0.05) is 24.0 Å². The molecular formula is C13H17N5. The van der Waals surface area contributed by atoms with Crippen molar-refractivity contribution >= 4 is 0 Å². The highest BCUT2D eigenvalue weighted by atomic mass is 15.2. The van der Waals surface area contributed by atoms with E-state index in [4.69, 9.17) is 0 Å². The van der Waals surface area contributed by atoms with E-state index in [0.29, 0.717) is 6.04 Å². The average Bonchev–Trinajstić information content (AvgIpc) is 3.01. The Bertz CT molecular complexity index is 507. The molecule has 1 unspecified atom stereocenters. The van der Waals surface area contributed by atoms with Gasteiger partial charge in [-0.3, -0.25) is 10.00 Å². The fourth-order valence-corrected chi connectivity index (χ4v) is 2.60. The van der Waals surface area contributed by atoms with Gasteiger partial charge in [0.25, 0.3) is 0 Å². The summed E-state index contributed by atoms with van der Waals surface area (Å²) in [5.41, 5.74) is 3.56. The quantitative estimate of drug-likeness (QED) is 0.893. The van der Waals surface area contributed by atoms with Crippen molar-refractivity contribution in [3.05, 3.63) is 41.7 Å². The Kier molecular flexibility index (Phi) is 3.06. The molecule has 0 saturated carbocycles. The van der Waals surface area contributed by atoms with Crippen molar-refractivity contribution in [2.75, 3.05) is 6.54 Å². The molecule has 1 aliphatic heterocycles. The normalized spacial score (nSPS) is 20.4. The van der Waals surface area contributed by atoms with Crippen LogP contribution in [0.2, 0.25) is 0 Å². The number of nitrogens with zero attached hydrogens (tertiary/aromatic N) is 4. The van der Waals surface area contributed by atoms with Gasteiger partial charge >= 0.3 is 0 Å². The van der Waals surface area contributed by atoms with Gasteiger partial charge in [0.2, 0.25) is 0 Å². The molecule has 2 aromatic rings. The van der Waals surface area contributed by atoms with E-state index < -0.39 is 0 Å². The van der Waals surface area contributed by atoms with Crippen LogP contribution in [0.3, 0.4) is 0 Å². The molecule has 0 radical (unpaired) electrons. The van der Waals surface area contributed by atoms with Crippen molar-refractivity contribution in [2.24, 2.45) is 0 Å². The second kappa shape index (κ2) is 4.86. The maximum atomic E-state index is 4.39. The Morgan fingerprint density at radius 3 is 3.17 bits per heavy atom. The molecule has 1 atom stereocenters. The van der Waals surface area contributed by atoms with Gasteiger partial charge in [-0.1, -0.05) is 0 Å². The lowest BCUT2D eigenvalue weighted by atomic mass is 10.1. The predicted octanol–water partition coefficient (Wildman–Crippen LogP) is 1.85. The van der Waals surface area contributed by atoms with Crippen LogP contribution in [0.1, 0.15) is 35.8 Å². The van der Waals surface area contributed by atoms with Crippen molar-refractivity contribution in [1.29, 1.82) is 0 Å². The molecular weight excluding hydrogens is 226 g/mol. The SMILES string of the molecule is Cc1[nH]ncc1CN1CCCC1c1ccncn1. The number of hydrogen-bond donors (Lipinski definition) is 1. The first kappa shape index (κ1) is 11.3. The van der Waals surface area contributed by atoms with Crippen LogP contribution in [0.5, 0.6) is 0 Å². The molecule has 0 amide bonds. The molecule has 0 aromatic carbocycles. The standard InChI is InChI=1S/C13H17N5/c1-10-11(7-16-17-10)8-18-6-2-3-13(18)12-4-5-14-9-15-12/h4-5,7,9,13H,2-3,6,8H2,1H3,(H,16,17). The molecule has 5 nitrogen and oxygen atoms in total. The first-order chi connectivity index (χ1) is 8.84. The lowest BCUT2D eigenvalue weighted by Crippen LogP contribution is -2.23. The summed E-state index contributed by atoms with van der Waals surface area (Å²) >= 11 is 0. The van der Waals surface area contributed by atoms with Crippen LogP contribution >= 0.6 is 0 Å². The topological polar surface area (TPSA) is 57.7 Å². The minimum atomic E-state index is 0.419. The lowest BCUT2D eigenvalue weighted by Gasteiger charge is -2.23. The third-order valence-corrected chi connectivity index (χ3v) is 3.62. The van der Waals surface area contributed by atoms with Gasteiger partial charge < -0.3 is 0 Å². The summed E-state index contributed by atoms with van der Waals surface area (Å²) in [6.07, 6.45) is 7.78. The number of nitrogens with one attached hydrogen (secondary N) is 1. The fraction of sp³-hybridized carbons (Fsp3) is 0.462. The second-order valence-corrected chi connectivity index (χ2v) is 4.78.